The Morgan fingerprint density at radius 1 is 1.07 bits per heavy atom. The highest BCUT2D eigenvalue weighted by Gasteiger charge is 2.08. The molecule has 29 heavy (non-hydrogen) atoms. The maximum atomic E-state index is 10.8. The van der Waals surface area contributed by atoms with E-state index in [1.54, 1.807) is 6.92 Å². The summed E-state index contributed by atoms with van der Waals surface area (Å²) in [4.78, 5) is 10.8. The Morgan fingerprint density at radius 3 is 2.55 bits per heavy atom. The van der Waals surface area contributed by atoms with E-state index < -0.39 is 12.0 Å². The fourth-order valence-electron chi connectivity index (χ4n) is 2.91. The fraction of sp³-hybridized carbons (Fsp3) is 0.400. The van der Waals surface area contributed by atoms with E-state index in [0.29, 0.717) is 6.54 Å². The second-order valence-electron chi connectivity index (χ2n) is 7.40. The average molecular weight is 393 g/mol. The molecule has 1 atom stereocenters. The van der Waals surface area contributed by atoms with Crippen LogP contribution in [0.5, 0.6) is 0 Å². The van der Waals surface area contributed by atoms with Crippen LogP contribution in [0.3, 0.4) is 0 Å². The summed E-state index contributed by atoms with van der Waals surface area (Å²) in [5.74, 6) is 5.68. The smallest absolute Gasteiger partial charge is 0.320 e. The van der Waals surface area contributed by atoms with Gasteiger partial charge in [-0.05, 0) is 62.1 Å². The number of aryl methyl sites for hydroxylation is 1. The molecule has 0 aliphatic carbocycles. The Kier molecular flexibility index (Phi) is 9.82. The van der Waals surface area contributed by atoms with Crippen molar-refractivity contribution in [2.24, 2.45) is 0 Å². The van der Waals surface area contributed by atoms with Gasteiger partial charge < -0.3 is 15.7 Å². The van der Waals surface area contributed by atoms with Crippen molar-refractivity contribution in [3.63, 3.8) is 0 Å². The van der Waals surface area contributed by atoms with E-state index in [2.05, 4.69) is 53.7 Å². The van der Waals surface area contributed by atoms with Crippen molar-refractivity contribution in [1.82, 2.24) is 5.32 Å². The predicted molar refractivity (Wildman–Crippen MR) is 120 cm³/mol. The van der Waals surface area contributed by atoms with Gasteiger partial charge in [-0.25, -0.2) is 0 Å². The maximum absolute atomic E-state index is 10.8. The van der Waals surface area contributed by atoms with E-state index in [-0.39, 0.29) is 0 Å². The molecule has 0 heterocycles. The monoisotopic (exact) mass is 392 g/mol. The summed E-state index contributed by atoms with van der Waals surface area (Å²) in [6.45, 7) is 5.26. The molecule has 0 amide bonds. The lowest BCUT2D eigenvalue weighted by atomic mass is 10.1. The average Bonchev–Trinajstić information content (AvgIpc) is 2.71. The summed E-state index contributed by atoms with van der Waals surface area (Å²) >= 11 is 0. The first-order valence-electron chi connectivity index (χ1n) is 10.4. The van der Waals surface area contributed by atoms with Gasteiger partial charge >= 0.3 is 5.97 Å². The van der Waals surface area contributed by atoms with Crippen molar-refractivity contribution in [2.75, 3.05) is 11.9 Å². The third kappa shape index (κ3) is 9.32. The zero-order chi connectivity index (χ0) is 20.9. The number of rotatable bonds is 11. The van der Waals surface area contributed by atoms with Crippen LogP contribution >= 0.6 is 0 Å². The zero-order valence-electron chi connectivity index (χ0n) is 17.5. The number of anilines is 1. The maximum Gasteiger partial charge on any atom is 0.320 e. The minimum atomic E-state index is -0.832. The first-order valence-corrected chi connectivity index (χ1v) is 10.4. The predicted octanol–water partition coefficient (Wildman–Crippen LogP) is 4.97. The molecule has 2 aromatic rings. The van der Waals surface area contributed by atoms with Crippen molar-refractivity contribution in [3.05, 3.63) is 65.2 Å². The van der Waals surface area contributed by atoms with Gasteiger partial charge in [0.05, 0.1) is 0 Å². The minimum Gasteiger partial charge on any atom is -0.480 e. The molecule has 2 aromatic carbocycles. The third-order valence-electron chi connectivity index (χ3n) is 4.75. The van der Waals surface area contributed by atoms with Crippen LogP contribution in [0.2, 0.25) is 0 Å². The molecule has 0 aromatic heterocycles. The van der Waals surface area contributed by atoms with E-state index in [0.717, 1.165) is 42.6 Å². The van der Waals surface area contributed by atoms with Crippen LogP contribution in [0.25, 0.3) is 0 Å². The number of carboxylic acid groups (broad SMARTS) is 1. The number of benzene rings is 2. The number of nitrogens with one attached hydrogen (secondary N) is 2. The second kappa shape index (κ2) is 12.6. The number of carbonyl (C=O) groups is 1. The summed E-state index contributed by atoms with van der Waals surface area (Å²) in [5, 5.41) is 15.3. The molecule has 0 bridgehead atoms. The lowest BCUT2D eigenvalue weighted by molar-refractivity contribution is -0.139. The van der Waals surface area contributed by atoms with E-state index >= 15 is 0 Å². The zero-order valence-corrected chi connectivity index (χ0v) is 17.5. The fourth-order valence-corrected chi connectivity index (χ4v) is 2.91. The Hall–Kier alpha value is -2.77. The van der Waals surface area contributed by atoms with Gasteiger partial charge in [-0.2, -0.15) is 0 Å². The summed E-state index contributed by atoms with van der Waals surface area (Å²) in [6.07, 6.45) is 5.65. The van der Waals surface area contributed by atoms with Gasteiger partial charge in [0.1, 0.15) is 6.04 Å². The van der Waals surface area contributed by atoms with Gasteiger partial charge in [-0.3, -0.25) is 4.79 Å². The number of carboxylic acids is 1. The van der Waals surface area contributed by atoms with E-state index in [4.69, 9.17) is 5.11 Å². The number of aliphatic carboxylic acids is 1. The van der Waals surface area contributed by atoms with Crippen LogP contribution in [0.1, 0.15) is 55.7 Å². The first-order chi connectivity index (χ1) is 14.0. The number of unbranched alkanes of at least 4 members (excludes halogenated alkanes) is 4. The first kappa shape index (κ1) is 22.5. The Labute approximate surface area is 174 Å². The van der Waals surface area contributed by atoms with Crippen LogP contribution in [-0.4, -0.2) is 23.7 Å². The van der Waals surface area contributed by atoms with Crippen LogP contribution in [0.4, 0.5) is 5.69 Å². The van der Waals surface area contributed by atoms with Crippen molar-refractivity contribution in [3.8, 4) is 11.8 Å². The van der Waals surface area contributed by atoms with E-state index in [1.165, 1.54) is 18.4 Å². The van der Waals surface area contributed by atoms with Crippen LogP contribution in [0.15, 0.2) is 48.5 Å². The molecule has 0 saturated carbocycles. The Morgan fingerprint density at radius 2 is 1.83 bits per heavy atom. The van der Waals surface area contributed by atoms with Gasteiger partial charge in [-0.1, -0.05) is 48.9 Å². The molecule has 154 valence electrons. The quantitative estimate of drug-likeness (QED) is 0.373. The van der Waals surface area contributed by atoms with E-state index in [1.807, 2.05) is 24.3 Å². The topological polar surface area (TPSA) is 61.4 Å². The van der Waals surface area contributed by atoms with Crippen LogP contribution in [0, 0.1) is 18.8 Å². The summed E-state index contributed by atoms with van der Waals surface area (Å²) < 4.78 is 0. The molecule has 4 nitrogen and oxygen atoms in total. The highest BCUT2D eigenvalue weighted by Crippen LogP contribution is 2.11. The standard InChI is InChI=1S/C25H32N2O2/c1-20-10-9-12-22(18-20)11-7-5-3-4-6-8-17-26-24-15-13-23(14-16-24)19-27-21(2)25(28)29/h9-10,12-16,18,21,26-27H,3-6,8,17,19H2,1-2H3,(H,28,29). The molecule has 0 radical (unpaired) electrons. The highest BCUT2D eigenvalue weighted by molar-refractivity contribution is 5.72. The lowest BCUT2D eigenvalue weighted by Gasteiger charge is -2.10. The van der Waals surface area contributed by atoms with Gasteiger partial charge in [0.2, 0.25) is 0 Å². The molecule has 1 unspecified atom stereocenters. The van der Waals surface area contributed by atoms with E-state index in [9.17, 15) is 4.79 Å². The van der Waals surface area contributed by atoms with Gasteiger partial charge in [-0.15, -0.1) is 0 Å². The number of hydrogen-bond donors (Lipinski definition) is 3. The molecule has 0 aliphatic rings. The normalized spacial score (nSPS) is 11.4. The molecule has 0 fully saturated rings. The second-order valence-corrected chi connectivity index (χ2v) is 7.40. The molecule has 3 N–H and O–H groups in total. The van der Waals surface area contributed by atoms with Gasteiger partial charge in [0.15, 0.2) is 0 Å². The molecule has 0 aliphatic heterocycles. The van der Waals surface area contributed by atoms with Crippen molar-refractivity contribution >= 4 is 11.7 Å². The van der Waals surface area contributed by atoms with Crippen molar-refractivity contribution in [2.45, 2.75) is 58.5 Å². The van der Waals surface area contributed by atoms with Crippen molar-refractivity contribution < 1.29 is 9.90 Å². The molecule has 2 rings (SSSR count). The minimum absolute atomic E-state index is 0.540. The molecule has 0 spiro atoms. The Balaban J connectivity index is 1.54. The van der Waals surface area contributed by atoms with Crippen molar-refractivity contribution in [1.29, 1.82) is 0 Å². The SMILES string of the molecule is Cc1cccc(C#CCCCCCCNc2ccc(CNC(C)C(=O)O)cc2)c1. The van der Waals surface area contributed by atoms with Gasteiger partial charge in [0, 0.05) is 30.8 Å². The molecule has 0 saturated heterocycles. The molecular formula is C25H32N2O2. The largest absolute Gasteiger partial charge is 0.480 e. The highest BCUT2D eigenvalue weighted by atomic mass is 16.4. The third-order valence-corrected chi connectivity index (χ3v) is 4.75. The Bertz CT molecular complexity index is 819. The van der Waals surface area contributed by atoms with Crippen LogP contribution in [-0.2, 0) is 11.3 Å². The number of hydrogen-bond acceptors (Lipinski definition) is 3. The summed E-state index contributed by atoms with van der Waals surface area (Å²) in [7, 11) is 0. The molecule has 4 heteroatoms. The summed E-state index contributed by atoms with van der Waals surface area (Å²) in [5.41, 5.74) is 4.54. The van der Waals surface area contributed by atoms with Gasteiger partial charge in [0.25, 0.3) is 0 Å². The lowest BCUT2D eigenvalue weighted by Crippen LogP contribution is -2.33. The van der Waals surface area contributed by atoms with Crippen LogP contribution < -0.4 is 10.6 Å². The molecular weight excluding hydrogens is 360 g/mol. The summed E-state index contributed by atoms with van der Waals surface area (Å²) in [6, 6.07) is 15.9.